The molecule has 0 bridgehead atoms. The Bertz CT molecular complexity index is 743. The van der Waals surface area contributed by atoms with Crippen LogP contribution in [0.25, 0.3) is 6.08 Å². The maximum Gasteiger partial charge on any atom is 0.336 e. The van der Waals surface area contributed by atoms with Gasteiger partial charge in [0.15, 0.2) is 5.11 Å². The molecule has 0 saturated heterocycles. The van der Waals surface area contributed by atoms with Crippen molar-refractivity contribution in [3.8, 4) is 5.75 Å². The lowest BCUT2D eigenvalue weighted by molar-refractivity contribution is -0.128. The number of carbonyl (C=O) groups is 1. The molecule has 2 rings (SSSR count). The van der Waals surface area contributed by atoms with Gasteiger partial charge in [-0.3, -0.25) is 5.43 Å². The number of hydrogen-bond acceptors (Lipinski definition) is 4. The molecule has 0 radical (unpaired) electrons. The summed E-state index contributed by atoms with van der Waals surface area (Å²) in [5.74, 6) is -0.0827. The minimum Gasteiger partial charge on any atom is -0.423 e. The molecule has 6 heteroatoms. The molecule has 0 aliphatic rings. The summed E-state index contributed by atoms with van der Waals surface area (Å²) in [4.78, 5) is 11.9. The molecule has 0 saturated carbocycles. The molecule has 2 aromatic rings. The van der Waals surface area contributed by atoms with Gasteiger partial charge in [-0.05, 0) is 36.0 Å². The van der Waals surface area contributed by atoms with Crippen molar-refractivity contribution in [3.05, 3.63) is 71.8 Å². The van der Waals surface area contributed by atoms with Gasteiger partial charge in [0.1, 0.15) is 5.75 Å². The number of nitrogens with one attached hydrogen (secondary N) is 1. The predicted octanol–water partition coefficient (Wildman–Crippen LogP) is 2.47. The number of para-hydroxylation sites is 1. The molecule has 0 aliphatic heterocycles. The summed E-state index contributed by atoms with van der Waals surface area (Å²) >= 11 is 4.65. The zero-order chi connectivity index (χ0) is 16.5. The minimum atomic E-state index is -0.475. The number of hydrogen-bond donors (Lipinski definition) is 2. The molecular weight excluding hydrogens is 310 g/mol. The van der Waals surface area contributed by atoms with Gasteiger partial charge in [-0.1, -0.05) is 42.5 Å². The quantitative estimate of drug-likeness (QED) is 0.221. The molecule has 0 aromatic heterocycles. The number of ether oxygens (including phenoxy) is 1. The summed E-state index contributed by atoms with van der Waals surface area (Å²) in [5, 5.41) is 3.91. The van der Waals surface area contributed by atoms with E-state index in [4.69, 9.17) is 10.5 Å². The van der Waals surface area contributed by atoms with E-state index in [1.165, 1.54) is 12.3 Å². The molecule has 0 amide bonds. The Labute approximate surface area is 139 Å². The molecule has 0 heterocycles. The predicted molar refractivity (Wildman–Crippen MR) is 95.1 cm³/mol. The summed E-state index contributed by atoms with van der Waals surface area (Å²) in [5.41, 5.74) is 9.27. The van der Waals surface area contributed by atoms with Gasteiger partial charge in [-0.15, -0.1) is 0 Å². The molecule has 0 spiro atoms. The second-order valence-corrected chi connectivity index (χ2v) is 4.88. The van der Waals surface area contributed by atoms with Gasteiger partial charge in [0.05, 0.1) is 6.21 Å². The van der Waals surface area contributed by atoms with Crippen LogP contribution < -0.4 is 15.9 Å². The second kappa shape index (κ2) is 8.45. The van der Waals surface area contributed by atoms with Crippen molar-refractivity contribution >= 4 is 35.6 Å². The number of carbonyl (C=O) groups excluding carboxylic acids is 1. The average Bonchev–Trinajstić information content (AvgIpc) is 2.55. The zero-order valence-electron chi connectivity index (χ0n) is 12.2. The van der Waals surface area contributed by atoms with Crippen LogP contribution in [-0.4, -0.2) is 17.3 Å². The van der Waals surface area contributed by atoms with Crippen LogP contribution in [-0.2, 0) is 4.79 Å². The van der Waals surface area contributed by atoms with E-state index in [1.54, 1.807) is 30.3 Å². The first kappa shape index (κ1) is 16.4. The van der Waals surface area contributed by atoms with Gasteiger partial charge in [0, 0.05) is 11.6 Å². The molecule has 0 atom stereocenters. The highest BCUT2D eigenvalue weighted by Crippen LogP contribution is 2.16. The molecule has 5 nitrogen and oxygen atoms in total. The summed E-state index contributed by atoms with van der Waals surface area (Å²) in [6.07, 6.45) is 4.53. The number of rotatable bonds is 5. The highest BCUT2D eigenvalue weighted by atomic mass is 32.1. The van der Waals surface area contributed by atoms with E-state index < -0.39 is 5.97 Å². The lowest BCUT2D eigenvalue weighted by atomic mass is 10.2. The van der Waals surface area contributed by atoms with E-state index in [0.29, 0.717) is 11.3 Å². The van der Waals surface area contributed by atoms with Crippen molar-refractivity contribution in [1.29, 1.82) is 0 Å². The van der Waals surface area contributed by atoms with Crippen molar-refractivity contribution in [1.82, 2.24) is 5.43 Å². The van der Waals surface area contributed by atoms with Crippen LogP contribution in [0, 0.1) is 0 Å². The number of nitrogens with two attached hydrogens (primary N) is 1. The normalized spacial score (nSPS) is 10.8. The van der Waals surface area contributed by atoms with Gasteiger partial charge in [0.2, 0.25) is 0 Å². The van der Waals surface area contributed by atoms with Crippen LogP contribution >= 0.6 is 12.2 Å². The third kappa shape index (κ3) is 5.72. The summed E-state index contributed by atoms with van der Waals surface area (Å²) in [7, 11) is 0. The average molecular weight is 325 g/mol. The van der Waals surface area contributed by atoms with Gasteiger partial charge in [-0.25, -0.2) is 4.79 Å². The maximum absolute atomic E-state index is 11.9. The van der Waals surface area contributed by atoms with E-state index in [9.17, 15) is 4.79 Å². The Balaban J connectivity index is 2.05. The lowest BCUT2D eigenvalue weighted by Gasteiger charge is -2.05. The van der Waals surface area contributed by atoms with E-state index in [1.807, 2.05) is 30.3 Å². The summed E-state index contributed by atoms with van der Waals surface area (Å²) < 4.78 is 5.32. The maximum atomic E-state index is 11.9. The third-order valence-electron chi connectivity index (χ3n) is 2.72. The number of thiocarbonyl (C=S) groups is 1. The monoisotopic (exact) mass is 325 g/mol. The van der Waals surface area contributed by atoms with Gasteiger partial charge < -0.3 is 10.5 Å². The van der Waals surface area contributed by atoms with Gasteiger partial charge >= 0.3 is 5.97 Å². The van der Waals surface area contributed by atoms with E-state index in [2.05, 4.69) is 22.7 Å². The van der Waals surface area contributed by atoms with Crippen molar-refractivity contribution in [2.75, 3.05) is 0 Å². The smallest absolute Gasteiger partial charge is 0.336 e. The summed E-state index contributed by atoms with van der Waals surface area (Å²) in [6, 6.07) is 16.5. The van der Waals surface area contributed by atoms with Crippen LogP contribution in [0.15, 0.2) is 65.8 Å². The summed E-state index contributed by atoms with van der Waals surface area (Å²) in [6.45, 7) is 0. The molecule has 23 heavy (non-hydrogen) atoms. The fourth-order valence-corrected chi connectivity index (χ4v) is 1.77. The van der Waals surface area contributed by atoms with Gasteiger partial charge in [0.25, 0.3) is 0 Å². The molecule has 2 aromatic carbocycles. The van der Waals surface area contributed by atoms with Crippen LogP contribution in [0.3, 0.4) is 0 Å². The third-order valence-corrected chi connectivity index (χ3v) is 2.81. The fourth-order valence-electron chi connectivity index (χ4n) is 1.72. The van der Waals surface area contributed by atoms with Crippen molar-refractivity contribution in [2.45, 2.75) is 0 Å². The first-order valence-electron chi connectivity index (χ1n) is 6.77. The Morgan fingerprint density at radius 1 is 1.13 bits per heavy atom. The standard InChI is InChI=1S/C17H15N3O2S/c18-17(23)20-19-12-14-8-4-5-9-15(14)22-16(21)11-10-13-6-2-1-3-7-13/h1-12H,(H3,18,20,23)/b11-10+,19-12?. The van der Waals surface area contributed by atoms with Crippen molar-refractivity contribution in [3.63, 3.8) is 0 Å². The van der Waals surface area contributed by atoms with E-state index in [0.717, 1.165) is 5.56 Å². The van der Waals surface area contributed by atoms with Crippen LogP contribution in [0.4, 0.5) is 0 Å². The van der Waals surface area contributed by atoms with Crippen LogP contribution in [0.1, 0.15) is 11.1 Å². The largest absolute Gasteiger partial charge is 0.423 e. The van der Waals surface area contributed by atoms with E-state index in [-0.39, 0.29) is 5.11 Å². The zero-order valence-corrected chi connectivity index (χ0v) is 13.0. The minimum absolute atomic E-state index is 0.0570. The second-order valence-electron chi connectivity index (χ2n) is 4.44. The number of hydrazone groups is 1. The van der Waals surface area contributed by atoms with Crippen LogP contribution in [0.2, 0.25) is 0 Å². The molecule has 0 fully saturated rings. The van der Waals surface area contributed by atoms with Crippen LogP contribution in [0.5, 0.6) is 5.75 Å². The lowest BCUT2D eigenvalue weighted by Crippen LogP contribution is -2.24. The van der Waals surface area contributed by atoms with E-state index >= 15 is 0 Å². The first-order chi connectivity index (χ1) is 11.1. The molecule has 0 unspecified atom stereocenters. The number of benzene rings is 2. The Kier molecular flexibility index (Phi) is 6.02. The molecule has 116 valence electrons. The number of nitrogens with zero attached hydrogens (tertiary/aromatic N) is 1. The Morgan fingerprint density at radius 2 is 1.83 bits per heavy atom. The van der Waals surface area contributed by atoms with Crippen molar-refractivity contribution < 1.29 is 9.53 Å². The molecular formula is C17H15N3O2S. The number of esters is 1. The first-order valence-corrected chi connectivity index (χ1v) is 7.18. The molecule has 3 N–H and O–H groups in total. The highest BCUT2D eigenvalue weighted by molar-refractivity contribution is 7.80. The Hall–Kier alpha value is -2.99. The SMILES string of the molecule is NC(=S)NN=Cc1ccccc1OC(=O)/C=C/c1ccccc1. The van der Waals surface area contributed by atoms with Crippen molar-refractivity contribution in [2.24, 2.45) is 10.8 Å². The highest BCUT2D eigenvalue weighted by Gasteiger charge is 2.05. The fraction of sp³-hybridized carbons (Fsp3) is 0. The Morgan fingerprint density at radius 3 is 2.57 bits per heavy atom. The topological polar surface area (TPSA) is 76.7 Å². The molecule has 0 aliphatic carbocycles. The van der Waals surface area contributed by atoms with Gasteiger partial charge in [-0.2, -0.15) is 5.10 Å².